The largest absolute Gasteiger partial charge is 0.457 e. The van der Waals surface area contributed by atoms with E-state index in [9.17, 15) is 40.5 Å². The first kappa shape index (κ1) is 59.1. The van der Waals surface area contributed by atoms with Gasteiger partial charge in [-0.3, -0.25) is 4.79 Å². The smallest absolute Gasteiger partial charge is 0.306 e. The molecular formula is C50H96O14. The molecule has 0 bridgehead atoms. The first-order valence-electron chi connectivity index (χ1n) is 26.1. The van der Waals surface area contributed by atoms with Gasteiger partial charge < -0.3 is 64.2 Å². The van der Waals surface area contributed by atoms with Gasteiger partial charge >= 0.3 is 5.97 Å². The van der Waals surface area contributed by atoms with E-state index in [0.29, 0.717) is 6.61 Å². The molecule has 380 valence electrons. The van der Waals surface area contributed by atoms with Crippen LogP contribution in [0.15, 0.2) is 0 Å². The van der Waals surface area contributed by atoms with Gasteiger partial charge in [0.15, 0.2) is 12.6 Å². The van der Waals surface area contributed by atoms with Crippen molar-refractivity contribution in [3.8, 4) is 0 Å². The highest BCUT2D eigenvalue weighted by molar-refractivity contribution is 5.69. The minimum atomic E-state index is -1.70. The van der Waals surface area contributed by atoms with E-state index in [0.717, 1.165) is 44.9 Å². The molecule has 2 rings (SSSR count). The van der Waals surface area contributed by atoms with E-state index in [4.69, 9.17) is 28.4 Å². The van der Waals surface area contributed by atoms with E-state index in [-0.39, 0.29) is 25.6 Å². The molecule has 14 nitrogen and oxygen atoms in total. The maximum atomic E-state index is 13.0. The van der Waals surface area contributed by atoms with Gasteiger partial charge in [-0.1, -0.05) is 194 Å². The number of unbranched alkanes of at least 4 members (excludes halogenated alkanes) is 28. The van der Waals surface area contributed by atoms with Crippen molar-refractivity contribution in [3.05, 3.63) is 0 Å². The molecule has 0 aliphatic carbocycles. The molecule has 2 aliphatic heterocycles. The number of esters is 1. The number of aliphatic hydroxyl groups is 7. The van der Waals surface area contributed by atoms with Crippen LogP contribution in [0, 0.1) is 0 Å². The van der Waals surface area contributed by atoms with Crippen molar-refractivity contribution in [1.82, 2.24) is 0 Å². The van der Waals surface area contributed by atoms with Gasteiger partial charge in [0.05, 0.1) is 26.4 Å². The van der Waals surface area contributed by atoms with Crippen LogP contribution in [-0.4, -0.2) is 142 Å². The van der Waals surface area contributed by atoms with Crippen LogP contribution < -0.4 is 0 Å². The van der Waals surface area contributed by atoms with Gasteiger partial charge in [0, 0.05) is 13.0 Å². The zero-order valence-corrected chi connectivity index (χ0v) is 40.3. The monoisotopic (exact) mass is 921 g/mol. The normalized spacial score (nSPS) is 26.6. The third kappa shape index (κ3) is 26.5. The molecule has 0 spiro atoms. The molecule has 0 amide bonds. The Balaban J connectivity index is 1.70. The van der Waals surface area contributed by atoms with E-state index in [1.54, 1.807) is 0 Å². The van der Waals surface area contributed by atoms with E-state index in [1.807, 2.05) is 0 Å². The molecule has 2 heterocycles. The standard InChI is InChI=1S/C50H96O14/c1-3-5-7-9-11-13-14-15-16-17-18-19-20-21-22-23-24-25-27-29-31-33-42(52)62-39(36-59-34-32-30-28-26-12-10-8-6-4-2)37-60-49-48(58)46(56)44(54)41(64-49)38-61-50-47(57)45(55)43(53)40(35-51)63-50/h39-41,43-51,53-58H,3-38H2,1-2H3. The van der Waals surface area contributed by atoms with E-state index < -0.39 is 80.7 Å². The zero-order valence-electron chi connectivity index (χ0n) is 40.3. The lowest BCUT2D eigenvalue weighted by Crippen LogP contribution is -2.61. The second-order valence-electron chi connectivity index (χ2n) is 18.7. The van der Waals surface area contributed by atoms with Gasteiger partial charge in [0.1, 0.15) is 54.9 Å². The highest BCUT2D eigenvalue weighted by Gasteiger charge is 2.47. The van der Waals surface area contributed by atoms with E-state index in [1.165, 1.54) is 148 Å². The summed E-state index contributed by atoms with van der Waals surface area (Å²) in [5.74, 6) is -0.371. The predicted molar refractivity (Wildman–Crippen MR) is 248 cm³/mol. The van der Waals surface area contributed by atoms with Gasteiger partial charge in [0.2, 0.25) is 0 Å². The number of carbonyl (C=O) groups excluding carboxylic acids is 1. The van der Waals surface area contributed by atoms with Gasteiger partial charge in [-0.15, -0.1) is 0 Å². The fourth-order valence-electron chi connectivity index (χ4n) is 8.58. The van der Waals surface area contributed by atoms with E-state index in [2.05, 4.69) is 13.8 Å². The second-order valence-corrected chi connectivity index (χ2v) is 18.7. The van der Waals surface area contributed by atoms with Crippen LogP contribution in [0.2, 0.25) is 0 Å². The molecule has 11 atom stereocenters. The Morgan fingerprint density at radius 1 is 0.453 bits per heavy atom. The molecule has 7 N–H and O–H groups in total. The van der Waals surface area contributed by atoms with Gasteiger partial charge in [0.25, 0.3) is 0 Å². The zero-order chi connectivity index (χ0) is 46.6. The molecule has 0 saturated carbocycles. The minimum absolute atomic E-state index is 0.0692. The van der Waals surface area contributed by atoms with Crippen molar-refractivity contribution in [3.63, 3.8) is 0 Å². The number of hydrogen-bond donors (Lipinski definition) is 7. The van der Waals surface area contributed by atoms with Crippen LogP contribution >= 0.6 is 0 Å². The number of ether oxygens (including phenoxy) is 6. The van der Waals surface area contributed by atoms with Gasteiger partial charge in [-0.05, 0) is 12.8 Å². The molecule has 2 saturated heterocycles. The predicted octanol–water partition coefficient (Wildman–Crippen LogP) is 7.69. The SMILES string of the molecule is CCCCCCCCCCCCCCCCCCCCCCCC(=O)OC(COCCCCCCCCCCC)COC1OC(COC2OC(CO)C(O)C(O)C2O)C(O)C(O)C1O. The summed E-state index contributed by atoms with van der Waals surface area (Å²) in [7, 11) is 0. The highest BCUT2D eigenvalue weighted by atomic mass is 16.7. The molecule has 14 heteroatoms. The molecule has 0 aromatic rings. The molecule has 11 unspecified atom stereocenters. The summed E-state index contributed by atoms with van der Waals surface area (Å²) < 4.78 is 34.2. The van der Waals surface area contributed by atoms with Gasteiger partial charge in [-0.25, -0.2) is 0 Å². The number of aliphatic hydroxyl groups excluding tert-OH is 7. The lowest BCUT2D eigenvalue weighted by Gasteiger charge is -2.42. The summed E-state index contributed by atoms with van der Waals surface area (Å²) in [6.45, 7) is 3.71. The summed E-state index contributed by atoms with van der Waals surface area (Å²) >= 11 is 0. The van der Waals surface area contributed by atoms with Crippen molar-refractivity contribution >= 4 is 5.97 Å². The fraction of sp³-hybridized carbons (Fsp3) is 0.980. The topological polar surface area (TPSA) is 214 Å². The van der Waals surface area contributed by atoms with Crippen LogP contribution in [0.4, 0.5) is 0 Å². The average molecular weight is 921 g/mol. The average Bonchev–Trinajstić information content (AvgIpc) is 3.29. The fourth-order valence-corrected chi connectivity index (χ4v) is 8.58. The Morgan fingerprint density at radius 3 is 1.27 bits per heavy atom. The summed E-state index contributed by atoms with van der Waals surface area (Å²) in [6, 6.07) is 0. The molecule has 2 aliphatic rings. The van der Waals surface area contributed by atoms with E-state index >= 15 is 0 Å². The van der Waals surface area contributed by atoms with Crippen molar-refractivity contribution in [2.45, 2.75) is 280 Å². The molecular weight excluding hydrogens is 825 g/mol. The molecule has 0 aromatic carbocycles. The molecule has 2 fully saturated rings. The quantitative estimate of drug-likeness (QED) is 0.0231. The first-order chi connectivity index (χ1) is 31.1. The molecule has 64 heavy (non-hydrogen) atoms. The van der Waals surface area contributed by atoms with Crippen LogP contribution in [-0.2, 0) is 33.2 Å². The maximum Gasteiger partial charge on any atom is 0.306 e. The third-order valence-electron chi connectivity index (χ3n) is 12.9. The number of rotatable bonds is 42. The Kier molecular flexibility index (Phi) is 35.9. The Bertz CT molecular complexity index is 1070. The van der Waals surface area contributed by atoms with Crippen LogP contribution in [0.5, 0.6) is 0 Å². The van der Waals surface area contributed by atoms with Crippen molar-refractivity contribution < 1.29 is 69.0 Å². The van der Waals surface area contributed by atoms with Crippen LogP contribution in [0.3, 0.4) is 0 Å². The van der Waals surface area contributed by atoms with Crippen molar-refractivity contribution in [2.24, 2.45) is 0 Å². The molecule has 0 radical (unpaired) electrons. The highest BCUT2D eigenvalue weighted by Crippen LogP contribution is 2.26. The van der Waals surface area contributed by atoms with Crippen molar-refractivity contribution in [1.29, 1.82) is 0 Å². The minimum Gasteiger partial charge on any atom is -0.457 e. The lowest BCUT2D eigenvalue weighted by atomic mass is 9.98. The number of carbonyl (C=O) groups is 1. The summed E-state index contributed by atoms with van der Waals surface area (Å²) in [5, 5.41) is 72.0. The Morgan fingerprint density at radius 2 is 0.828 bits per heavy atom. The van der Waals surface area contributed by atoms with Gasteiger partial charge in [-0.2, -0.15) is 0 Å². The summed E-state index contributed by atoms with van der Waals surface area (Å²) in [5.41, 5.74) is 0. The van der Waals surface area contributed by atoms with Crippen LogP contribution in [0.25, 0.3) is 0 Å². The van der Waals surface area contributed by atoms with Crippen molar-refractivity contribution in [2.75, 3.05) is 33.0 Å². The Labute approximate surface area is 387 Å². The first-order valence-corrected chi connectivity index (χ1v) is 26.1. The third-order valence-corrected chi connectivity index (χ3v) is 12.9. The maximum absolute atomic E-state index is 13.0. The number of hydrogen-bond acceptors (Lipinski definition) is 14. The summed E-state index contributed by atoms with van der Waals surface area (Å²) in [6.07, 6.45) is 21.8. The Hall–Kier alpha value is -1.01. The summed E-state index contributed by atoms with van der Waals surface area (Å²) in [4.78, 5) is 13.0. The second kappa shape index (κ2) is 38.9. The lowest BCUT2D eigenvalue weighted by molar-refractivity contribution is -0.332. The molecule has 0 aromatic heterocycles. The van der Waals surface area contributed by atoms with Crippen LogP contribution in [0.1, 0.15) is 213 Å².